The Labute approximate surface area is 90.1 Å². The van der Waals surface area contributed by atoms with E-state index in [-0.39, 0.29) is 18.1 Å². The highest BCUT2D eigenvalue weighted by molar-refractivity contribution is 6.07. The number of hydrogen-bond acceptors (Lipinski definition) is 3. The molecule has 15 heavy (non-hydrogen) atoms. The van der Waals surface area contributed by atoms with Crippen molar-refractivity contribution in [2.45, 2.75) is 44.1 Å². The van der Waals surface area contributed by atoms with Gasteiger partial charge in [0.1, 0.15) is 18.0 Å². The molecule has 0 aromatic rings. The predicted molar refractivity (Wildman–Crippen MR) is 57.9 cm³/mol. The summed E-state index contributed by atoms with van der Waals surface area (Å²) >= 11 is 0. The molecular weight excluding hydrogens is 192 g/mol. The van der Waals surface area contributed by atoms with Crippen LogP contribution in [0.4, 0.5) is 0 Å². The molecule has 0 aromatic heterocycles. The molecule has 0 saturated heterocycles. The lowest BCUT2D eigenvalue weighted by molar-refractivity contribution is -0.117. The minimum atomic E-state index is -0.317. The van der Waals surface area contributed by atoms with Crippen molar-refractivity contribution >= 4 is 11.7 Å². The van der Waals surface area contributed by atoms with Gasteiger partial charge in [0.2, 0.25) is 5.91 Å². The van der Waals surface area contributed by atoms with Gasteiger partial charge in [0.15, 0.2) is 0 Å². The second-order valence-electron chi connectivity index (χ2n) is 4.33. The fourth-order valence-corrected chi connectivity index (χ4v) is 2.46. The summed E-state index contributed by atoms with van der Waals surface area (Å²) in [5.74, 6) is 0.752. The number of ether oxygens (including phenoxy) is 1. The van der Waals surface area contributed by atoms with Crippen molar-refractivity contribution in [2.75, 3.05) is 13.7 Å². The monoisotopic (exact) mass is 210 g/mol. The van der Waals surface area contributed by atoms with Crippen LogP contribution in [0.15, 0.2) is 4.99 Å². The van der Waals surface area contributed by atoms with Gasteiger partial charge < -0.3 is 10.1 Å². The molecule has 2 rings (SSSR count). The van der Waals surface area contributed by atoms with E-state index in [2.05, 4.69) is 10.3 Å². The van der Waals surface area contributed by atoms with Gasteiger partial charge >= 0.3 is 0 Å². The molecule has 1 amide bonds. The van der Waals surface area contributed by atoms with Gasteiger partial charge in [0.25, 0.3) is 0 Å². The molecule has 4 nitrogen and oxygen atoms in total. The molecule has 0 bridgehead atoms. The zero-order valence-corrected chi connectivity index (χ0v) is 9.21. The Kier molecular flexibility index (Phi) is 3.05. The maximum atomic E-state index is 11.2. The third kappa shape index (κ3) is 2.04. The standard InChI is InChI=1S/C11H18N2O2/c1-15-11(6-4-2-3-5-7-11)10-12-8-9(14)13-10/h2-8H2,1H3,(H,12,13,14). The molecule has 1 heterocycles. The fourth-order valence-electron chi connectivity index (χ4n) is 2.46. The van der Waals surface area contributed by atoms with Crippen LogP contribution in [0.1, 0.15) is 38.5 Å². The van der Waals surface area contributed by atoms with Crippen molar-refractivity contribution in [3.05, 3.63) is 0 Å². The molecule has 0 radical (unpaired) electrons. The molecule has 2 aliphatic rings. The maximum absolute atomic E-state index is 11.2. The fraction of sp³-hybridized carbons (Fsp3) is 0.818. The smallest absolute Gasteiger partial charge is 0.247 e. The summed E-state index contributed by atoms with van der Waals surface area (Å²) < 4.78 is 5.65. The molecule has 84 valence electrons. The molecule has 1 aliphatic heterocycles. The van der Waals surface area contributed by atoms with Gasteiger partial charge in [-0.25, -0.2) is 0 Å². The number of carbonyl (C=O) groups excluding carboxylic acids is 1. The number of nitrogens with one attached hydrogen (secondary N) is 1. The zero-order chi connectivity index (χ0) is 10.7. The van der Waals surface area contributed by atoms with Crippen LogP contribution in [0.3, 0.4) is 0 Å². The van der Waals surface area contributed by atoms with Crippen molar-refractivity contribution in [3.8, 4) is 0 Å². The van der Waals surface area contributed by atoms with Crippen molar-refractivity contribution in [1.82, 2.24) is 5.32 Å². The zero-order valence-electron chi connectivity index (χ0n) is 9.21. The van der Waals surface area contributed by atoms with E-state index in [1.807, 2.05) is 0 Å². The van der Waals surface area contributed by atoms with Gasteiger partial charge in [-0.05, 0) is 12.8 Å². The summed E-state index contributed by atoms with van der Waals surface area (Å²) in [5.41, 5.74) is -0.317. The predicted octanol–water partition coefficient (Wildman–Crippen LogP) is 1.25. The molecule has 1 fully saturated rings. The lowest BCUT2D eigenvalue weighted by Gasteiger charge is -2.31. The molecule has 0 spiro atoms. The number of methoxy groups -OCH3 is 1. The largest absolute Gasteiger partial charge is 0.370 e. The van der Waals surface area contributed by atoms with Crippen LogP contribution in [0.2, 0.25) is 0 Å². The van der Waals surface area contributed by atoms with Crippen molar-refractivity contribution in [3.63, 3.8) is 0 Å². The van der Waals surface area contributed by atoms with E-state index < -0.39 is 0 Å². The van der Waals surface area contributed by atoms with Crippen LogP contribution in [-0.4, -0.2) is 31.0 Å². The van der Waals surface area contributed by atoms with E-state index in [4.69, 9.17) is 4.74 Å². The Morgan fingerprint density at radius 3 is 2.40 bits per heavy atom. The molecule has 1 N–H and O–H groups in total. The highest BCUT2D eigenvalue weighted by Gasteiger charge is 2.39. The van der Waals surface area contributed by atoms with E-state index in [9.17, 15) is 4.79 Å². The first-order chi connectivity index (χ1) is 7.27. The number of rotatable bonds is 2. The molecule has 0 atom stereocenters. The first kappa shape index (κ1) is 10.6. The molecule has 0 unspecified atom stereocenters. The average molecular weight is 210 g/mol. The Hall–Kier alpha value is -0.900. The number of carbonyl (C=O) groups is 1. The molecule has 1 aliphatic carbocycles. The van der Waals surface area contributed by atoms with Crippen LogP contribution in [0.25, 0.3) is 0 Å². The minimum absolute atomic E-state index is 0.00864. The van der Waals surface area contributed by atoms with E-state index >= 15 is 0 Å². The third-order valence-electron chi connectivity index (χ3n) is 3.37. The SMILES string of the molecule is COC1(C2=NCC(=O)N2)CCCCCC1. The van der Waals surface area contributed by atoms with Crippen LogP contribution in [-0.2, 0) is 9.53 Å². The minimum Gasteiger partial charge on any atom is -0.370 e. The highest BCUT2D eigenvalue weighted by Crippen LogP contribution is 2.31. The maximum Gasteiger partial charge on any atom is 0.247 e. The van der Waals surface area contributed by atoms with E-state index in [1.54, 1.807) is 7.11 Å². The molecule has 0 aromatic carbocycles. The topological polar surface area (TPSA) is 50.7 Å². The van der Waals surface area contributed by atoms with Gasteiger partial charge in [0, 0.05) is 7.11 Å². The summed E-state index contributed by atoms with van der Waals surface area (Å²) in [6.45, 7) is 0.264. The average Bonchev–Trinajstić information content (AvgIpc) is 2.56. The van der Waals surface area contributed by atoms with Gasteiger partial charge in [-0.15, -0.1) is 0 Å². The molecular formula is C11H18N2O2. The first-order valence-electron chi connectivity index (χ1n) is 5.67. The number of amidine groups is 1. The Morgan fingerprint density at radius 2 is 1.93 bits per heavy atom. The molecule has 1 saturated carbocycles. The highest BCUT2D eigenvalue weighted by atomic mass is 16.5. The van der Waals surface area contributed by atoms with Crippen molar-refractivity contribution < 1.29 is 9.53 Å². The van der Waals surface area contributed by atoms with Crippen molar-refractivity contribution in [2.24, 2.45) is 4.99 Å². The normalized spacial score (nSPS) is 25.7. The quantitative estimate of drug-likeness (QED) is 0.697. The Balaban J connectivity index is 2.15. The second-order valence-corrected chi connectivity index (χ2v) is 4.33. The summed E-state index contributed by atoms with van der Waals surface area (Å²) in [6, 6.07) is 0. The van der Waals surface area contributed by atoms with Crippen LogP contribution in [0, 0.1) is 0 Å². The van der Waals surface area contributed by atoms with Gasteiger partial charge in [0.05, 0.1) is 0 Å². The van der Waals surface area contributed by atoms with Gasteiger partial charge in [-0.3, -0.25) is 9.79 Å². The van der Waals surface area contributed by atoms with Gasteiger partial charge in [-0.2, -0.15) is 0 Å². The Bertz CT molecular complexity index is 278. The number of amides is 1. The Morgan fingerprint density at radius 1 is 1.27 bits per heavy atom. The lowest BCUT2D eigenvalue weighted by Crippen LogP contribution is -2.47. The summed E-state index contributed by atoms with van der Waals surface area (Å²) in [4.78, 5) is 15.4. The van der Waals surface area contributed by atoms with E-state index in [0.29, 0.717) is 0 Å². The first-order valence-corrected chi connectivity index (χ1v) is 5.67. The number of aliphatic imine (C=N–C) groups is 1. The van der Waals surface area contributed by atoms with Crippen LogP contribution < -0.4 is 5.32 Å². The summed E-state index contributed by atoms with van der Waals surface area (Å²) in [5, 5.41) is 2.83. The van der Waals surface area contributed by atoms with Crippen LogP contribution in [0.5, 0.6) is 0 Å². The summed E-state index contributed by atoms with van der Waals surface area (Å²) in [7, 11) is 1.72. The lowest BCUT2D eigenvalue weighted by atomic mass is 9.92. The van der Waals surface area contributed by atoms with Crippen molar-refractivity contribution in [1.29, 1.82) is 0 Å². The number of nitrogens with zero attached hydrogens (tertiary/aromatic N) is 1. The second kappa shape index (κ2) is 4.31. The van der Waals surface area contributed by atoms with E-state index in [0.717, 1.165) is 31.5 Å². The summed E-state index contributed by atoms with van der Waals surface area (Å²) in [6.07, 6.45) is 6.77. The third-order valence-corrected chi connectivity index (χ3v) is 3.37. The van der Waals surface area contributed by atoms with E-state index in [1.165, 1.54) is 12.8 Å². The molecule has 4 heteroatoms. The number of hydrogen-bond donors (Lipinski definition) is 1. The van der Waals surface area contributed by atoms with Crippen LogP contribution >= 0.6 is 0 Å². The van der Waals surface area contributed by atoms with Gasteiger partial charge in [-0.1, -0.05) is 25.7 Å².